The van der Waals surface area contributed by atoms with Crippen molar-refractivity contribution in [3.05, 3.63) is 28.0 Å². The maximum atomic E-state index is 12.1. The summed E-state index contributed by atoms with van der Waals surface area (Å²) in [6.07, 6.45) is -0.0462. The number of nitrogens with zero attached hydrogens (tertiary/aromatic N) is 2. The third-order valence-corrected chi connectivity index (χ3v) is 2.85. The normalized spacial score (nSPS) is 24.0. The molecule has 0 bridgehead atoms. The number of nitro groups is 1. The molecule has 0 aromatic carbocycles. The highest BCUT2D eigenvalue weighted by Crippen LogP contribution is 2.20. The van der Waals surface area contributed by atoms with Gasteiger partial charge in [-0.15, -0.1) is 0 Å². The van der Waals surface area contributed by atoms with Gasteiger partial charge < -0.3 is 14.1 Å². The lowest BCUT2D eigenvalue weighted by Crippen LogP contribution is -2.50. The SMILES string of the molecule is C[C@H]1CN(C(=O)c2ccc([N+](=O)[O-])o2)[C@@H](C)CO1. The molecule has 2 heterocycles. The molecule has 1 aromatic rings. The van der Waals surface area contributed by atoms with Crippen LogP contribution in [0.25, 0.3) is 0 Å². The smallest absolute Gasteiger partial charge is 0.395 e. The Morgan fingerprint density at radius 1 is 1.50 bits per heavy atom. The average Bonchev–Trinajstić information content (AvgIpc) is 2.81. The summed E-state index contributed by atoms with van der Waals surface area (Å²) in [5.74, 6) is -0.777. The van der Waals surface area contributed by atoms with Crippen molar-refractivity contribution in [2.45, 2.75) is 26.0 Å². The highest BCUT2D eigenvalue weighted by Gasteiger charge is 2.30. The van der Waals surface area contributed by atoms with Crippen LogP contribution in [0.4, 0.5) is 5.88 Å². The van der Waals surface area contributed by atoms with E-state index >= 15 is 0 Å². The van der Waals surface area contributed by atoms with E-state index < -0.39 is 10.8 Å². The van der Waals surface area contributed by atoms with Crippen LogP contribution in [0.5, 0.6) is 0 Å². The van der Waals surface area contributed by atoms with Crippen molar-refractivity contribution in [3.8, 4) is 0 Å². The van der Waals surface area contributed by atoms with Crippen LogP contribution in [0.1, 0.15) is 24.4 Å². The number of ether oxygens (including phenoxy) is 1. The number of furan rings is 1. The van der Waals surface area contributed by atoms with Gasteiger partial charge in [0.25, 0.3) is 5.91 Å². The van der Waals surface area contributed by atoms with Crippen LogP contribution in [0.15, 0.2) is 16.5 Å². The quantitative estimate of drug-likeness (QED) is 0.588. The number of amides is 1. The fourth-order valence-corrected chi connectivity index (χ4v) is 1.87. The number of hydrogen-bond donors (Lipinski definition) is 0. The van der Waals surface area contributed by atoms with Crippen LogP contribution < -0.4 is 0 Å². The van der Waals surface area contributed by atoms with E-state index in [1.807, 2.05) is 13.8 Å². The van der Waals surface area contributed by atoms with Gasteiger partial charge in [0.15, 0.2) is 5.76 Å². The highest BCUT2D eigenvalue weighted by atomic mass is 16.6. The van der Waals surface area contributed by atoms with Crippen LogP contribution in [0.3, 0.4) is 0 Å². The van der Waals surface area contributed by atoms with Crippen LogP contribution in [0, 0.1) is 10.1 Å². The van der Waals surface area contributed by atoms with Crippen LogP contribution in [-0.2, 0) is 4.74 Å². The lowest BCUT2D eigenvalue weighted by molar-refractivity contribution is -0.402. The summed E-state index contributed by atoms with van der Waals surface area (Å²) < 4.78 is 10.3. The average molecular weight is 254 g/mol. The van der Waals surface area contributed by atoms with Gasteiger partial charge in [-0.05, 0) is 19.9 Å². The standard InChI is InChI=1S/C11H14N2O5/c1-7-6-17-8(2)5-12(7)11(14)9-3-4-10(18-9)13(15)16/h3-4,7-8H,5-6H2,1-2H3/t7-,8-/m0/s1. The van der Waals surface area contributed by atoms with Crippen LogP contribution >= 0.6 is 0 Å². The van der Waals surface area contributed by atoms with Crippen molar-refractivity contribution < 1.29 is 18.9 Å². The second-order valence-electron chi connectivity index (χ2n) is 4.35. The van der Waals surface area contributed by atoms with Crippen molar-refractivity contribution in [2.75, 3.05) is 13.2 Å². The van der Waals surface area contributed by atoms with Gasteiger partial charge in [-0.1, -0.05) is 0 Å². The molecule has 98 valence electrons. The molecule has 2 rings (SSSR count). The molecular formula is C11H14N2O5. The second-order valence-corrected chi connectivity index (χ2v) is 4.35. The molecule has 0 unspecified atom stereocenters. The summed E-state index contributed by atoms with van der Waals surface area (Å²) in [7, 11) is 0. The zero-order chi connectivity index (χ0) is 13.3. The van der Waals surface area contributed by atoms with Gasteiger partial charge in [0.05, 0.1) is 24.8 Å². The van der Waals surface area contributed by atoms with Gasteiger partial charge in [0, 0.05) is 6.54 Å². The Morgan fingerprint density at radius 3 is 2.83 bits per heavy atom. The van der Waals surface area contributed by atoms with Crippen molar-refractivity contribution >= 4 is 11.8 Å². The Hall–Kier alpha value is -1.89. The molecule has 0 aliphatic carbocycles. The summed E-state index contributed by atoms with van der Waals surface area (Å²) in [4.78, 5) is 23.6. The van der Waals surface area contributed by atoms with Crippen molar-refractivity contribution in [2.24, 2.45) is 0 Å². The lowest BCUT2D eigenvalue weighted by Gasteiger charge is -2.36. The van der Waals surface area contributed by atoms with E-state index in [0.717, 1.165) is 0 Å². The summed E-state index contributed by atoms with van der Waals surface area (Å²) in [5, 5.41) is 10.5. The van der Waals surface area contributed by atoms with E-state index in [0.29, 0.717) is 13.2 Å². The zero-order valence-corrected chi connectivity index (χ0v) is 10.2. The third-order valence-electron chi connectivity index (χ3n) is 2.85. The molecule has 1 aliphatic rings. The maximum absolute atomic E-state index is 12.1. The number of rotatable bonds is 2. The van der Waals surface area contributed by atoms with Crippen LogP contribution in [-0.4, -0.2) is 41.0 Å². The first-order chi connectivity index (χ1) is 8.49. The predicted molar refractivity (Wildman–Crippen MR) is 61.3 cm³/mol. The minimum Gasteiger partial charge on any atom is -0.395 e. The van der Waals surface area contributed by atoms with Gasteiger partial charge in [-0.25, -0.2) is 0 Å². The molecule has 7 heteroatoms. The fourth-order valence-electron chi connectivity index (χ4n) is 1.87. The molecular weight excluding hydrogens is 240 g/mol. The number of hydrogen-bond acceptors (Lipinski definition) is 5. The van der Waals surface area contributed by atoms with E-state index in [1.54, 1.807) is 4.90 Å². The minimum absolute atomic E-state index is 0.0114. The molecule has 1 amide bonds. The second kappa shape index (κ2) is 4.77. The topological polar surface area (TPSA) is 85.8 Å². The van der Waals surface area contributed by atoms with Gasteiger partial charge in [-0.3, -0.25) is 14.9 Å². The Bertz CT molecular complexity index is 470. The van der Waals surface area contributed by atoms with Crippen molar-refractivity contribution in [1.82, 2.24) is 4.90 Å². The number of morpholine rings is 1. The maximum Gasteiger partial charge on any atom is 0.433 e. The van der Waals surface area contributed by atoms with E-state index in [4.69, 9.17) is 9.15 Å². The molecule has 1 saturated heterocycles. The summed E-state index contributed by atoms with van der Waals surface area (Å²) >= 11 is 0. The number of carbonyl (C=O) groups is 1. The molecule has 7 nitrogen and oxygen atoms in total. The van der Waals surface area contributed by atoms with Gasteiger partial charge in [0.1, 0.15) is 4.92 Å². The van der Waals surface area contributed by atoms with Gasteiger partial charge >= 0.3 is 5.88 Å². The van der Waals surface area contributed by atoms with E-state index in [9.17, 15) is 14.9 Å². The van der Waals surface area contributed by atoms with Crippen molar-refractivity contribution in [1.29, 1.82) is 0 Å². The van der Waals surface area contributed by atoms with E-state index in [1.165, 1.54) is 12.1 Å². The number of carbonyl (C=O) groups excluding carboxylic acids is 1. The molecule has 2 atom stereocenters. The fraction of sp³-hybridized carbons (Fsp3) is 0.545. The lowest BCUT2D eigenvalue weighted by atomic mass is 10.2. The van der Waals surface area contributed by atoms with Gasteiger partial charge in [-0.2, -0.15) is 0 Å². The summed E-state index contributed by atoms with van der Waals surface area (Å²) in [6.45, 7) is 4.64. The monoisotopic (exact) mass is 254 g/mol. The molecule has 1 fully saturated rings. The Labute approximate surface area is 103 Å². The minimum atomic E-state index is -0.665. The highest BCUT2D eigenvalue weighted by molar-refractivity contribution is 5.92. The zero-order valence-electron chi connectivity index (χ0n) is 10.2. The van der Waals surface area contributed by atoms with E-state index in [2.05, 4.69) is 0 Å². The molecule has 1 aliphatic heterocycles. The molecule has 0 spiro atoms. The third kappa shape index (κ3) is 2.35. The van der Waals surface area contributed by atoms with Crippen LogP contribution in [0.2, 0.25) is 0 Å². The molecule has 18 heavy (non-hydrogen) atoms. The largest absolute Gasteiger partial charge is 0.433 e. The Balaban J connectivity index is 2.16. The first kappa shape index (κ1) is 12.6. The van der Waals surface area contributed by atoms with E-state index in [-0.39, 0.29) is 23.8 Å². The predicted octanol–water partition coefficient (Wildman–Crippen LogP) is 1.44. The Kier molecular flexibility index (Phi) is 3.33. The molecule has 0 saturated carbocycles. The summed E-state index contributed by atoms with van der Waals surface area (Å²) in [5.41, 5.74) is 0. The van der Waals surface area contributed by atoms with Crippen molar-refractivity contribution in [3.63, 3.8) is 0 Å². The first-order valence-corrected chi connectivity index (χ1v) is 5.66. The first-order valence-electron chi connectivity index (χ1n) is 5.66. The van der Waals surface area contributed by atoms with Gasteiger partial charge in [0.2, 0.25) is 0 Å². The summed E-state index contributed by atoms with van der Waals surface area (Å²) in [6, 6.07) is 2.44. The molecule has 0 radical (unpaired) electrons. The Morgan fingerprint density at radius 2 is 2.22 bits per heavy atom. The molecule has 0 N–H and O–H groups in total. The molecule has 1 aromatic heterocycles.